The molecule has 0 saturated heterocycles. The van der Waals surface area contributed by atoms with Crippen molar-refractivity contribution in [2.75, 3.05) is 6.61 Å². The molecule has 1 N–H and O–H groups in total. The molecule has 8 atom stereocenters. The summed E-state index contributed by atoms with van der Waals surface area (Å²) in [5, 5.41) is 11.4. The van der Waals surface area contributed by atoms with Gasteiger partial charge in [0.05, 0.1) is 6.10 Å². The van der Waals surface area contributed by atoms with E-state index >= 15 is 4.39 Å². The lowest BCUT2D eigenvalue weighted by Crippen LogP contribution is -2.69. The first-order valence-corrected chi connectivity index (χ1v) is 11.6. The Kier molecular flexibility index (Phi) is 4.65. The van der Waals surface area contributed by atoms with Gasteiger partial charge in [-0.1, -0.05) is 18.6 Å². The third-order valence-electron chi connectivity index (χ3n) is 9.31. The number of halogens is 1. The number of hydrogen-bond donors (Lipinski definition) is 1. The molecule has 33 heavy (non-hydrogen) atoms. The van der Waals surface area contributed by atoms with E-state index in [2.05, 4.69) is 4.99 Å². The average molecular weight is 460 g/mol. The standard InChI is InChI=1S/C25H30FNO6/c1-13-27-25(20(31)12-32-14(2)28)21(33-13)10-18-17-6-5-15-9-16(29)7-8-22(15,3)24(17,26)19(30)11-23(18,25)4/h7-9,17-19,21,30H,5-6,10-12H2,1-4H3/t17?,18-,19-,21+,22?,23?,24-,25+/m0/s1. The summed E-state index contributed by atoms with van der Waals surface area (Å²) in [4.78, 5) is 41.6. The quantitative estimate of drug-likeness (QED) is 0.651. The van der Waals surface area contributed by atoms with E-state index in [9.17, 15) is 19.5 Å². The van der Waals surface area contributed by atoms with Gasteiger partial charge >= 0.3 is 5.97 Å². The van der Waals surface area contributed by atoms with E-state index in [-0.39, 0.29) is 23.9 Å². The summed E-state index contributed by atoms with van der Waals surface area (Å²) >= 11 is 0. The summed E-state index contributed by atoms with van der Waals surface area (Å²) < 4.78 is 28.2. The number of aliphatic imine (C=N–C) groups is 1. The highest BCUT2D eigenvalue weighted by atomic mass is 19.1. The maximum atomic E-state index is 17.2. The number of aliphatic hydroxyl groups excluding tert-OH is 1. The Morgan fingerprint density at radius 2 is 2.06 bits per heavy atom. The first-order chi connectivity index (χ1) is 15.4. The maximum absolute atomic E-state index is 17.2. The van der Waals surface area contributed by atoms with Gasteiger partial charge in [0.2, 0.25) is 5.78 Å². The molecule has 0 radical (unpaired) electrons. The lowest BCUT2D eigenvalue weighted by molar-refractivity contribution is -0.198. The van der Waals surface area contributed by atoms with Gasteiger partial charge in [0.25, 0.3) is 0 Å². The molecule has 3 unspecified atom stereocenters. The van der Waals surface area contributed by atoms with Crippen LogP contribution in [0.15, 0.2) is 28.8 Å². The van der Waals surface area contributed by atoms with Crippen LogP contribution in [-0.2, 0) is 23.9 Å². The minimum atomic E-state index is -1.99. The van der Waals surface area contributed by atoms with E-state index in [1.54, 1.807) is 19.9 Å². The zero-order chi connectivity index (χ0) is 24.0. The third-order valence-corrected chi connectivity index (χ3v) is 9.31. The third kappa shape index (κ3) is 2.58. The Hall–Kier alpha value is -2.35. The van der Waals surface area contributed by atoms with E-state index in [0.717, 1.165) is 0 Å². The SMILES string of the molecule is CC(=O)OCC(=O)[C@@]12N=C(C)O[C@@H]1C[C@H]1C3CCC4=CC(=O)C=CC4(C)[C@@]3(F)[C@@H](O)CC12C. The second-order valence-electron chi connectivity index (χ2n) is 10.7. The summed E-state index contributed by atoms with van der Waals surface area (Å²) in [5.41, 5.74) is -4.60. The minimum Gasteiger partial charge on any atom is -0.475 e. The van der Waals surface area contributed by atoms with Crippen LogP contribution in [0.3, 0.4) is 0 Å². The van der Waals surface area contributed by atoms with Crippen LogP contribution in [0, 0.1) is 22.7 Å². The lowest BCUT2D eigenvalue weighted by atomic mass is 9.44. The minimum absolute atomic E-state index is 0.0117. The number of ether oxygens (including phenoxy) is 2. The molecule has 1 aliphatic heterocycles. The largest absolute Gasteiger partial charge is 0.475 e. The first-order valence-electron chi connectivity index (χ1n) is 11.6. The van der Waals surface area contributed by atoms with Crippen molar-refractivity contribution in [3.63, 3.8) is 0 Å². The van der Waals surface area contributed by atoms with E-state index in [0.29, 0.717) is 30.7 Å². The van der Waals surface area contributed by atoms with Crippen LogP contribution in [0.25, 0.3) is 0 Å². The number of ketones is 2. The predicted octanol–water partition coefficient (Wildman–Crippen LogP) is 2.66. The predicted molar refractivity (Wildman–Crippen MR) is 116 cm³/mol. The molecule has 0 spiro atoms. The second-order valence-corrected chi connectivity index (χ2v) is 10.7. The molecule has 4 aliphatic carbocycles. The molecule has 0 bridgehead atoms. The number of carbonyl (C=O) groups is 3. The molecule has 0 aromatic rings. The molecule has 0 aromatic carbocycles. The number of esters is 1. The molecular formula is C25H30FNO6. The second kappa shape index (κ2) is 6.84. The van der Waals surface area contributed by atoms with E-state index in [1.807, 2.05) is 6.92 Å². The number of carbonyl (C=O) groups excluding carboxylic acids is 3. The Morgan fingerprint density at radius 3 is 2.76 bits per heavy atom. The summed E-state index contributed by atoms with van der Waals surface area (Å²) in [6.45, 7) is 6.13. The molecule has 8 heteroatoms. The van der Waals surface area contributed by atoms with Crippen LogP contribution >= 0.6 is 0 Å². The Labute approximate surface area is 192 Å². The van der Waals surface area contributed by atoms with Gasteiger partial charge in [-0.3, -0.25) is 14.4 Å². The zero-order valence-electron chi connectivity index (χ0n) is 19.4. The lowest BCUT2D eigenvalue weighted by Gasteiger charge is -2.62. The monoisotopic (exact) mass is 459 g/mol. The summed E-state index contributed by atoms with van der Waals surface area (Å²) in [6, 6.07) is 0. The van der Waals surface area contributed by atoms with Crippen LogP contribution in [0.1, 0.15) is 53.4 Å². The fourth-order valence-electron chi connectivity index (χ4n) is 7.85. The van der Waals surface area contributed by atoms with Crippen molar-refractivity contribution in [3.05, 3.63) is 23.8 Å². The van der Waals surface area contributed by atoms with Crippen molar-refractivity contribution in [3.8, 4) is 0 Å². The van der Waals surface area contributed by atoms with E-state index < -0.39 is 52.7 Å². The molecule has 5 aliphatic rings. The van der Waals surface area contributed by atoms with Gasteiger partial charge in [-0.25, -0.2) is 9.38 Å². The van der Waals surface area contributed by atoms with E-state index in [4.69, 9.17) is 9.47 Å². The van der Waals surface area contributed by atoms with Crippen LogP contribution in [0.2, 0.25) is 0 Å². The fourth-order valence-corrected chi connectivity index (χ4v) is 7.85. The number of alkyl halides is 1. The molecule has 3 fully saturated rings. The molecule has 7 nitrogen and oxygen atoms in total. The maximum Gasteiger partial charge on any atom is 0.303 e. The van der Waals surface area contributed by atoms with Crippen LogP contribution in [0.4, 0.5) is 4.39 Å². The highest BCUT2D eigenvalue weighted by Crippen LogP contribution is 2.71. The number of allylic oxidation sites excluding steroid dienone is 4. The number of hydrogen-bond acceptors (Lipinski definition) is 7. The van der Waals surface area contributed by atoms with Crippen molar-refractivity contribution in [1.29, 1.82) is 0 Å². The van der Waals surface area contributed by atoms with E-state index in [1.165, 1.54) is 19.1 Å². The van der Waals surface area contributed by atoms with Crippen LogP contribution in [-0.4, -0.2) is 58.6 Å². The average Bonchev–Trinajstić information content (AvgIpc) is 3.19. The normalized spacial score (nSPS) is 47.4. The summed E-state index contributed by atoms with van der Waals surface area (Å²) in [6.07, 6.45) is 3.97. The number of rotatable bonds is 3. The van der Waals surface area contributed by atoms with Crippen LogP contribution < -0.4 is 0 Å². The molecule has 0 amide bonds. The van der Waals surface area contributed by atoms with Gasteiger partial charge in [-0.15, -0.1) is 0 Å². The topological polar surface area (TPSA) is 102 Å². The molecule has 1 heterocycles. The first kappa shape index (κ1) is 22.4. The number of nitrogens with zero attached hydrogens (tertiary/aromatic N) is 1. The Balaban J connectivity index is 1.60. The van der Waals surface area contributed by atoms with Crippen molar-refractivity contribution in [2.24, 2.45) is 27.7 Å². The van der Waals surface area contributed by atoms with Gasteiger partial charge in [-0.05, 0) is 50.7 Å². The smallest absolute Gasteiger partial charge is 0.303 e. The van der Waals surface area contributed by atoms with Gasteiger partial charge in [-0.2, -0.15) is 0 Å². The van der Waals surface area contributed by atoms with Crippen molar-refractivity contribution < 1.29 is 33.4 Å². The molecule has 5 rings (SSSR count). The summed E-state index contributed by atoms with van der Waals surface area (Å²) in [5.74, 6) is -1.57. The van der Waals surface area contributed by atoms with Gasteiger partial charge in [0.15, 0.2) is 29.5 Å². The number of Topliss-reactive ketones (excluding diaryl/α,β-unsaturated/α-hetero) is 1. The molecular weight excluding hydrogens is 429 g/mol. The summed E-state index contributed by atoms with van der Waals surface area (Å²) in [7, 11) is 0. The number of aliphatic hydroxyl groups is 1. The Bertz CT molecular complexity index is 1050. The van der Waals surface area contributed by atoms with Crippen molar-refractivity contribution in [2.45, 2.75) is 76.8 Å². The van der Waals surface area contributed by atoms with Crippen LogP contribution in [0.5, 0.6) is 0 Å². The Morgan fingerprint density at radius 1 is 1.33 bits per heavy atom. The van der Waals surface area contributed by atoms with Crippen molar-refractivity contribution in [1.82, 2.24) is 0 Å². The molecule has 3 saturated carbocycles. The highest BCUT2D eigenvalue weighted by molar-refractivity contribution is 6.01. The highest BCUT2D eigenvalue weighted by Gasteiger charge is 2.78. The van der Waals surface area contributed by atoms with Gasteiger partial charge < -0.3 is 14.6 Å². The van der Waals surface area contributed by atoms with Crippen molar-refractivity contribution >= 4 is 23.4 Å². The van der Waals surface area contributed by atoms with Gasteiger partial charge in [0, 0.05) is 30.6 Å². The van der Waals surface area contributed by atoms with Gasteiger partial charge in [0.1, 0.15) is 6.10 Å². The fraction of sp³-hybridized carbons (Fsp3) is 0.680. The number of fused-ring (bicyclic) bond motifs is 7. The molecule has 178 valence electrons. The molecule has 0 aromatic heterocycles. The zero-order valence-corrected chi connectivity index (χ0v) is 19.4.